The van der Waals surface area contributed by atoms with E-state index >= 15 is 0 Å². The van der Waals surface area contributed by atoms with E-state index < -0.39 is 6.10 Å². The maximum atomic E-state index is 11.5. The number of carbonyl (C=O) groups is 1. The van der Waals surface area contributed by atoms with E-state index in [9.17, 15) is 4.79 Å². The fourth-order valence-electron chi connectivity index (χ4n) is 0.973. The first kappa shape index (κ1) is 11.7. The molecule has 5 nitrogen and oxygen atoms in total. The van der Waals surface area contributed by atoms with Gasteiger partial charge in [-0.1, -0.05) is 11.6 Å². The van der Waals surface area contributed by atoms with Crippen molar-refractivity contribution in [2.24, 2.45) is 0 Å². The van der Waals surface area contributed by atoms with Gasteiger partial charge in [0.2, 0.25) is 0 Å². The van der Waals surface area contributed by atoms with E-state index in [0.717, 1.165) is 0 Å². The minimum atomic E-state index is -0.604. The van der Waals surface area contributed by atoms with Crippen LogP contribution in [0.1, 0.15) is 17.3 Å². The van der Waals surface area contributed by atoms with Crippen LogP contribution in [0.4, 0.5) is 5.69 Å². The van der Waals surface area contributed by atoms with Gasteiger partial charge in [0.25, 0.3) is 5.91 Å². The Balaban J connectivity index is 2.77. The SMILES string of the molecule is C[C@H](O)CNC(=O)c1cc(Cl)ncc1N. The minimum Gasteiger partial charge on any atom is -0.397 e. The van der Waals surface area contributed by atoms with Crippen LogP contribution in [0, 0.1) is 0 Å². The van der Waals surface area contributed by atoms with Gasteiger partial charge in [-0.15, -0.1) is 0 Å². The summed E-state index contributed by atoms with van der Waals surface area (Å²) in [5, 5.41) is 11.7. The molecule has 0 aliphatic heterocycles. The van der Waals surface area contributed by atoms with Gasteiger partial charge in [-0.05, 0) is 13.0 Å². The molecule has 82 valence electrons. The van der Waals surface area contributed by atoms with Gasteiger partial charge < -0.3 is 16.2 Å². The Morgan fingerprint density at radius 1 is 1.80 bits per heavy atom. The van der Waals surface area contributed by atoms with Crippen molar-refractivity contribution in [1.82, 2.24) is 10.3 Å². The van der Waals surface area contributed by atoms with Gasteiger partial charge in [-0.3, -0.25) is 4.79 Å². The van der Waals surface area contributed by atoms with Crippen molar-refractivity contribution in [3.05, 3.63) is 23.0 Å². The number of nitrogens with zero attached hydrogens (tertiary/aromatic N) is 1. The van der Waals surface area contributed by atoms with Crippen molar-refractivity contribution in [2.45, 2.75) is 13.0 Å². The molecule has 1 rings (SSSR count). The number of nitrogens with two attached hydrogens (primary N) is 1. The summed E-state index contributed by atoms with van der Waals surface area (Å²) < 4.78 is 0. The highest BCUT2D eigenvalue weighted by molar-refractivity contribution is 6.29. The molecule has 1 aromatic heterocycles. The monoisotopic (exact) mass is 229 g/mol. The van der Waals surface area contributed by atoms with Crippen LogP contribution >= 0.6 is 11.6 Å². The molecule has 0 aliphatic carbocycles. The summed E-state index contributed by atoms with van der Waals surface area (Å²) in [4.78, 5) is 15.3. The van der Waals surface area contributed by atoms with Gasteiger partial charge in [-0.2, -0.15) is 0 Å². The number of nitrogens with one attached hydrogen (secondary N) is 1. The third kappa shape index (κ3) is 3.38. The van der Waals surface area contributed by atoms with Crippen LogP contribution in [0.2, 0.25) is 5.15 Å². The molecular formula is C9H12ClN3O2. The molecule has 0 saturated carbocycles. The van der Waals surface area contributed by atoms with Crippen LogP contribution < -0.4 is 11.1 Å². The van der Waals surface area contributed by atoms with E-state index in [-0.39, 0.29) is 28.9 Å². The van der Waals surface area contributed by atoms with Gasteiger partial charge in [0, 0.05) is 6.54 Å². The third-order valence-corrected chi connectivity index (χ3v) is 1.91. The second-order valence-corrected chi connectivity index (χ2v) is 3.54. The highest BCUT2D eigenvalue weighted by Gasteiger charge is 2.11. The van der Waals surface area contributed by atoms with E-state index in [1.165, 1.54) is 12.3 Å². The molecule has 0 unspecified atom stereocenters. The number of carbonyl (C=O) groups excluding carboxylic acids is 1. The Morgan fingerprint density at radius 2 is 2.47 bits per heavy atom. The van der Waals surface area contributed by atoms with E-state index in [1.807, 2.05) is 0 Å². The van der Waals surface area contributed by atoms with Gasteiger partial charge in [0.1, 0.15) is 5.15 Å². The van der Waals surface area contributed by atoms with Gasteiger partial charge in [0.15, 0.2) is 0 Å². The quantitative estimate of drug-likeness (QED) is 0.656. The standard InChI is InChI=1S/C9H12ClN3O2/c1-5(14)3-13-9(15)6-2-8(10)12-4-7(6)11/h2,4-5,14H,3,11H2,1H3,(H,13,15)/t5-/m0/s1. The summed E-state index contributed by atoms with van der Waals surface area (Å²) in [5.74, 6) is -0.377. The second-order valence-electron chi connectivity index (χ2n) is 3.15. The first-order chi connectivity index (χ1) is 7.00. The lowest BCUT2D eigenvalue weighted by Crippen LogP contribution is -2.31. The predicted molar refractivity (Wildman–Crippen MR) is 57.7 cm³/mol. The number of nitrogen functional groups attached to an aromatic ring is 1. The van der Waals surface area contributed by atoms with Crippen molar-refractivity contribution in [3.8, 4) is 0 Å². The van der Waals surface area contributed by atoms with Crippen LogP contribution in [0.25, 0.3) is 0 Å². The van der Waals surface area contributed by atoms with Crippen molar-refractivity contribution in [1.29, 1.82) is 0 Å². The molecule has 0 fully saturated rings. The number of aromatic nitrogens is 1. The number of amides is 1. The van der Waals surface area contributed by atoms with Crippen LogP contribution in [0.3, 0.4) is 0 Å². The molecule has 4 N–H and O–H groups in total. The summed E-state index contributed by atoms with van der Waals surface area (Å²) in [7, 11) is 0. The van der Waals surface area contributed by atoms with Crippen LogP contribution in [-0.4, -0.2) is 28.6 Å². The lowest BCUT2D eigenvalue weighted by molar-refractivity contribution is 0.0925. The summed E-state index contributed by atoms with van der Waals surface area (Å²) in [6, 6.07) is 1.38. The Kier molecular flexibility index (Phi) is 3.88. The molecule has 0 radical (unpaired) electrons. The van der Waals surface area contributed by atoms with Crippen molar-refractivity contribution in [3.63, 3.8) is 0 Å². The van der Waals surface area contributed by atoms with Gasteiger partial charge in [0.05, 0.1) is 23.6 Å². The number of halogens is 1. The largest absolute Gasteiger partial charge is 0.397 e. The Morgan fingerprint density at radius 3 is 3.07 bits per heavy atom. The molecule has 0 spiro atoms. The van der Waals surface area contributed by atoms with E-state index in [0.29, 0.717) is 0 Å². The normalized spacial score (nSPS) is 12.2. The molecule has 0 aliphatic rings. The molecule has 0 saturated heterocycles. The van der Waals surface area contributed by atoms with Crippen LogP contribution in [-0.2, 0) is 0 Å². The highest BCUT2D eigenvalue weighted by Crippen LogP contribution is 2.14. The summed E-state index contributed by atoms with van der Waals surface area (Å²) in [6.45, 7) is 1.74. The fraction of sp³-hybridized carbons (Fsp3) is 0.333. The highest BCUT2D eigenvalue weighted by atomic mass is 35.5. The van der Waals surface area contributed by atoms with Crippen LogP contribution in [0.15, 0.2) is 12.3 Å². The first-order valence-corrected chi connectivity index (χ1v) is 4.75. The molecule has 15 heavy (non-hydrogen) atoms. The smallest absolute Gasteiger partial charge is 0.253 e. The first-order valence-electron chi connectivity index (χ1n) is 4.38. The number of aliphatic hydroxyl groups excluding tert-OH is 1. The Bertz CT molecular complexity index is 368. The number of pyridine rings is 1. The second kappa shape index (κ2) is 4.95. The van der Waals surface area contributed by atoms with E-state index in [1.54, 1.807) is 6.92 Å². The number of hydrogen-bond donors (Lipinski definition) is 3. The lowest BCUT2D eigenvalue weighted by atomic mass is 10.2. The summed E-state index contributed by atoms with van der Waals surface area (Å²) >= 11 is 5.63. The molecular weight excluding hydrogens is 218 g/mol. The molecule has 1 heterocycles. The average molecular weight is 230 g/mol. The predicted octanol–water partition coefficient (Wildman–Crippen LogP) is 0.428. The molecule has 0 aromatic carbocycles. The topological polar surface area (TPSA) is 88.2 Å². The maximum absolute atomic E-state index is 11.5. The van der Waals surface area contributed by atoms with Crippen LogP contribution in [0.5, 0.6) is 0 Å². The van der Waals surface area contributed by atoms with Gasteiger partial charge >= 0.3 is 0 Å². The average Bonchev–Trinajstić information content (AvgIpc) is 2.18. The number of anilines is 1. The van der Waals surface area contributed by atoms with Gasteiger partial charge in [-0.25, -0.2) is 4.98 Å². The van der Waals surface area contributed by atoms with E-state index in [4.69, 9.17) is 22.4 Å². The molecule has 1 aromatic rings. The number of rotatable bonds is 3. The molecule has 0 bridgehead atoms. The van der Waals surface area contributed by atoms with Crippen molar-refractivity contribution in [2.75, 3.05) is 12.3 Å². The molecule has 1 atom stereocenters. The Labute approximate surface area is 92.3 Å². The third-order valence-electron chi connectivity index (χ3n) is 1.70. The molecule has 6 heteroatoms. The maximum Gasteiger partial charge on any atom is 0.253 e. The van der Waals surface area contributed by atoms with E-state index in [2.05, 4.69) is 10.3 Å². The fourth-order valence-corrected chi connectivity index (χ4v) is 1.13. The Hall–Kier alpha value is -1.33. The van der Waals surface area contributed by atoms with Crippen molar-refractivity contribution >= 4 is 23.2 Å². The zero-order chi connectivity index (χ0) is 11.4. The summed E-state index contributed by atoms with van der Waals surface area (Å²) in [6.07, 6.45) is 0.715. The van der Waals surface area contributed by atoms with Crippen molar-refractivity contribution < 1.29 is 9.90 Å². The zero-order valence-corrected chi connectivity index (χ0v) is 8.95. The zero-order valence-electron chi connectivity index (χ0n) is 8.20. The number of aliphatic hydroxyl groups is 1. The minimum absolute atomic E-state index is 0.165. The summed E-state index contributed by atoms with van der Waals surface area (Å²) in [5.41, 5.74) is 6.06. The number of hydrogen-bond acceptors (Lipinski definition) is 4. The molecule has 1 amide bonds. The lowest BCUT2D eigenvalue weighted by Gasteiger charge is -2.08.